The lowest BCUT2D eigenvalue weighted by atomic mass is 9.91. The fourth-order valence-corrected chi connectivity index (χ4v) is 1.54. The van der Waals surface area contributed by atoms with E-state index in [4.69, 9.17) is 32.2 Å². The highest BCUT2D eigenvalue weighted by atomic mass is 32.1. The minimum atomic E-state index is -0.218. The molecule has 7 heteroatoms. The summed E-state index contributed by atoms with van der Waals surface area (Å²) in [6.45, 7) is 7.17. The maximum Gasteiger partial charge on any atom is 0.189 e. The van der Waals surface area contributed by atoms with Crippen LogP contribution in [0.3, 0.4) is 0 Å². The van der Waals surface area contributed by atoms with Crippen LogP contribution in [-0.2, 0) is 14.9 Å². The van der Waals surface area contributed by atoms with Gasteiger partial charge in [0.05, 0.1) is 25.1 Å². The molecule has 20 heavy (non-hydrogen) atoms. The molecule has 0 aliphatic heterocycles. The molecule has 6 nitrogen and oxygen atoms in total. The second-order valence-electron chi connectivity index (χ2n) is 5.18. The van der Waals surface area contributed by atoms with Gasteiger partial charge in [0.15, 0.2) is 18.4 Å². The molecule has 0 spiro atoms. The average Bonchev–Trinajstić information content (AvgIpc) is 2.37. The van der Waals surface area contributed by atoms with Crippen LogP contribution < -0.4 is 10.5 Å². The number of thiocarbonyl (C=S) groups is 1. The molecule has 0 bridgehead atoms. The van der Waals surface area contributed by atoms with Crippen molar-refractivity contribution in [3.8, 4) is 5.75 Å². The Hall–Kier alpha value is -1.31. The summed E-state index contributed by atoms with van der Waals surface area (Å²) in [4.78, 5) is 8.63. The van der Waals surface area contributed by atoms with Crippen LogP contribution >= 0.6 is 12.2 Å². The Morgan fingerprint density at radius 1 is 1.35 bits per heavy atom. The first-order valence-corrected chi connectivity index (χ1v) is 6.64. The van der Waals surface area contributed by atoms with Gasteiger partial charge in [-0.25, -0.2) is 9.97 Å². The molecule has 0 radical (unpaired) electrons. The molecule has 0 unspecified atom stereocenters. The van der Waals surface area contributed by atoms with E-state index in [-0.39, 0.29) is 17.2 Å². The normalized spacial score (nSPS) is 11.4. The van der Waals surface area contributed by atoms with Crippen LogP contribution in [0.25, 0.3) is 0 Å². The summed E-state index contributed by atoms with van der Waals surface area (Å²) in [5.74, 6) is 0.910. The monoisotopic (exact) mass is 299 g/mol. The van der Waals surface area contributed by atoms with Crippen LogP contribution in [-0.4, -0.2) is 42.1 Å². The van der Waals surface area contributed by atoms with Gasteiger partial charge in [-0.2, -0.15) is 0 Å². The van der Waals surface area contributed by atoms with E-state index in [2.05, 4.69) is 9.97 Å². The lowest BCUT2D eigenvalue weighted by Gasteiger charge is -2.21. The smallest absolute Gasteiger partial charge is 0.189 e. The third-order valence-corrected chi connectivity index (χ3v) is 2.60. The van der Waals surface area contributed by atoms with Crippen molar-refractivity contribution in [2.75, 3.05) is 27.1 Å². The van der Waals surface area contributed by atoms with Crippen molar-refractivity contribution >= 4 is 17.2 Å². The zero-order valence-electron chi connectivity index (χ0n) is 12.3. The largest absolute Gasteiger partial charge is 0.464 e. The topological polar surface area (TPSA) is 79.5 Å². The number of nitrogens with zero attached hydrogens (tertiary/aromatic N) is 2. The van der Waals surface area contributed by atoms with E-state index in [1.165, 1.54) is 0 Å². The molecule has 0 aliphatic carbocycles. The first-order valence-electron chi connectivity index (χ1n) is 6.23. The number of rotatable bonds is 7. The van der Waals surface area contributed by atoms with E-state index >= 15 is 0 Å². The Morgan fingerprint density at radius 3 is 2.60 bits per heavy atom. The summed E-state index contributed by atoms with van der Waals surface area (Å²) in [6.07, 6.45) is 1.57. The molecule has 0 aromatic carbocycles. The van der Waals surface area contributed by atoms with Crippen molar-refractivity contribution in [3.05, 3.63) is 17.7 Å². The number of methoxy groups -OCH3 is 1. The molecule has 0 atom stereocenters. The maximum absolute atomic E-state index is 5.56. The van der Waals surface area contributed by atoms with Gasteiger partial charge in [0.1, 0.15) is 4.99 Å². The summed E-state index contributed by atoms with van der Waals surface area (Å²) in [5, 5.41) is 0. The molecule has 0 fully saturated rings. The molecular formula is C13H21N3O3S. The Morgan fingerprint density at radius 2 is 2.05 bits per heavy atom. The number of aromatic nitrogens is 2. The lowest BCUT2D eigenvalue weighted by Crippen LogP contribution is -2.22. The number of ether oxygens (including phenoxy) is 3. The van der Waals surface area contributed by atoms with Crippen molar-refractivity contribution in [2.45, 2.75) is 26.2 Å². The predicted molar refractivity (Wildman–Crippen MR) is 79.9 cm³/mol. The first-order chi connectivity index (χ1) is 9.36. The molecule has 1 rings (SSSR count). The number of nitrogens with two attached hydrogens (primary N) is 1. The molecule has 0 saturated heterocycles. The van der Waals surface area contributed by atoms with Crippen molar-refractivity contribution in [2.24, 2.45) is 5.73 Å². The highest BCUT2D eigenvalue weighted by molar-refractivity contribution is 7.80. The maximum atomic E-state index is 5.56. The van der Waals surface area contributed by atoms with E-state index in [9.17, 15) is 0 Å². The van der Waals surface area contributed by atoms with Gasteiger partial charge >= 0.3 is 0 Å². The average molecular weight is 299 g/mol. The Labute approximate surface area is 124 Å². The molecule has 1 heterocycles. The van der Waals surface area contributed by atoms with Gasteiger partial charge < -0.3 is 19.9 Å². The van der Waals surface area contributed by atoms with Crippen molar-refractivity contribution in [1.82, 2.24) is 9.97 Å². The van der Waals surface area contributed by atoms with Gasteiger partial charge in [0.25, 0.3) is 0 Å². The summed E-state index contributed by atoms with van der Waals surface area (Å²) in [6, 6.07) is 0. The van der Waals surface area contributed by atoms with Crippen molar-refractivity contribution < 1.29 is 14.2 Å². The third-order valence-electron chi connectivity index (χ3n) is 2.42. The molecular weight excluding hydrogens is 278 g/mol. The molecule has 112 valence electrons. The number of hydrogen-bond donors (Lipinski definition) is 1. The summed E-state index contributed by atoms with van der Waals surface area (Å²) < 4.78 is 15.7. The molecule has 1 aromatic heterocycles. The Kier molecular flexibility index (Phi) is 6.25. The van der Waals surface area contributed by atoms with E-state index in [0.717, 1.165) is 5.69 Å². The molecule has 0 amide bonds. The van der Waals surface area contributed by atoms with E-state index in [1.54, 1.807) is 13.3 Å². The fourth-order valence-electron chi connectivity index (χ4n) is 1.44. The second-order valence-corrected chi connectivity index (χ2v) is 5.62. The Bertz CT molecular complexity index is 461. The highest BCUT2D eigenvalue weighted by Gasteiger charge is 2.22. The quantitative estimate of drug-likeness (QED) is 0.463. The molecule has 1 aromatic rings. The van der Waals surface area contributed by atoms with Crippen LogP contribution in [0.15, 0.2) is 6.20 Å². The van der Waals surface area contributed by atoms with Gasteiger partial charge in [0.2, 0.25) is 0 Å². The zero-order valence-corrected chi connectivity index (χ0v) is 13.1. The van der Waals surface area contributed by atoms with Crippen LogP contribution in [0.2, 0.25) is 0 Å². The number of hydrogen-bond acceptors (Lipinski definition) is 6. The van der Waals surface area contributed by atoms with Crippen LogP contribution in [0.4, 0.5) is 0 Å². The summed E-state index contributed by atoms with van der Waals surface area (Å²) in [5.41, 5.74) is 6.08. The predicted octanol–water partition coefficient (Wildman–Crippen LogP) is 1.41. The van der Waals surface area contributed by atoms with Crippen LogP contribution in [0.1, 0.15) is 32.3 Å². The van der Waals surface area contributed by atoms with Gasteiger partial charge in [-0.05, 0) is 0 Å². The minimum Gasteiger partial charge on any atom is -0.464 e. The highest BCUT2D eigenvalue weighted by Crippen LogP contribution is 2.28. The van der Waals surface area contributed by atoms with Gasteiger partial charge in [-0.3, -0.25) is 0 Å². The van der Waals surface area contributed by atoms with Crippen LogP contribution in [0, 0.1) is 0 Å². The van der Waals surface area contributed by atoms with E-state index in [0.29, 0.717) is 24.8 Å². The molecule has 2 N–H and O–H groups in total. The molecule has 0 saturated carbocycles. The summed E-state index contributed by atoms with van der Waals surface area (Å²) in [7, 11) is 1.62. The first kappa shape index (κ1) is 16.7. The van der Waals surface area contributed by atoms with Gasteiger partial charge in [-0.15, -0.1) is 0 Å². The standard InChI is InChI=1S/C13H21N3O3S/c1-13(2,3)10-9(19-8-18-6-5-17-4)7-15-12(16-10)11(14)20/h7H,5-6,8H2,1-4H3,(H2,14,20). The summed E-state index contributed by atoms with van der Waals surface area (Å²) >= 11 is 4.90. The SMILES string of the molecule is COCCOCOc1cnc(C(N)=S)nc1C(C)(C)C. The van der Waals surface area contributed by atoms with Crippen LogP contribution in [0.5, 0.6) is 5.75 Å². The Balaban J connectivity index is 2.81. The van der Waals surface area contributed by atoms with Gasteiger partial charge in [0, 0.05) is 12.5 Å². The zero-order chi connectivity index (χ0) is 15.2. The van der Waals surface area contributed by atoms with E-state index < -0.39 is 0 Å². The van der Waals surface area contributed by atoms with Crippen molar-refractivity contribution in [1.29, 1.82) is 0 Å². The lowest BCUT2D eigenvalue weighted by molar-refractivity contribution is -0.00959. The fraction of sp³-hybridized carbons (Fsp3) is 0.615. The molecule has 0 aliphatic rings. The minimum absolute atomic E-state index is 0.113. The van der Waals surface area contributed by atoms with E-state index in [1.807, 2.05) is 20.8 Å². The third kappa shape index (κ3) is 4.99. The second kappa shape index (κ2) is 7.47. The van der Waals surface area contributed by atoms with Crippen molar-refractivity contribution in [3.63, 3.8) is 0 Å². The van der Waals surface area contributed by atoms with Gasteiger partial charge in [-0.1, -0.05) is 33.0 Å².